The Morgan fingerprint density at radius 2 is 1.70 bits per heavy atom. The second kappa shape index (κ2) is 7.91. The van der Waals surface area contributed by atoms with Crippen LogP contribution in [-0.2, 0) is 9.47 Å². The van der Waals surface area contributed by atoms with Crippen LogP contribution < -0.4 is 4.90 Å². The first-order valence-corrected chi connectivity index (χ1v) is 9.21. The van der Waals surface area contributed by atoms with Gasteiger partial charge in [0.1, 0.15) is 5.69 Å². The molecule has 0 bridgehead atoms. The SMILES string of the molecule is O=C(OCN1C(=O)c2ccccc2C1=O)c1ccc(N2CCOCC2)c([N+](=O)[O-])c1. The number of nitrogens with zero attached hydrogens (tertiary/aromatic N) is 3. The second-order valence-corrected chi connectivity index (χ2v) is 6.70. The molecule has 0 radical (unpaired) electrons. The van der Waals surface area contributed by atoms with E-state index >= 15 is 0 Å². The zero-order valence-electron chi connectivity index (χ0n) is 15.8. The van der Waals surface area contributed by atoms with Gasteiger partial charge in [-0.25, -0.2) is 9.69 Å². The Labute approximate surface area is 170 Å². The maximum absolute atomic E-state index is 12.4. The topological polar surface area (TPSA) is 119 Å². The minimum Gasteiger partial charge on any atom is -0.440 e. The molecule has 2 aliphatic rings. The van der Waals surface area contributed by atoms with Gasteiger partial charge in [-0.2, -0.15) is 0 Å². The van der Waals surface area contributed by atoms with Crippen LogP contribution in [0.15, 0.2) is 42.5 Å². The van der Waals surface area contributed by atoms with E-state index in [2.05, 4.69) is 0 Å². The first-order valence-electron chi connectivity index (χ1n) is 9.21. The molecule has 0 N–H and O–H groups in total. The van der Waals surface area contributed by atoms with Crippen molar-refractivity contribution >= 4 is 29.2 Å². The van der Waals surface area contributed by atoms with Gasteiger partial charge in [-0.3, -0.25) is 19.7 Å². The Kier molecular flexibility index (Phi) is 5.15. The number of nitro groups is 1. The molecule has 0 saturated carbocycles. The number of fused-ring (bicyclic) bond motifs is 1. The number of carbonyl (C=O) groups excluding carboxylic acids is 3. The second-order valence-electron chi connectivity index (χ2n) is 6.70. The summed E-state index contributed by atoms with van der Waals surface area (Å²) in [5.74, 6) is -1.99. The highest BCUT2D eigenvalue weighted by Gasteiger charge is 2.36. The van der Waals surface area contributed by atoms with E-state index in [1.54, 1.807) is 12.1 Å². The summed E-state index contributed by atoms with van der Waals surface area (Å²) < 4.78 is 10.4. The molecule has 10 nitrogen and oxygen atoms in total. The van der Waals surface area contributed by atoms with Crippen molar-refractivity contribution in [2.75, 3.05) is 37.9 Å². The van der Waals surface area contributed by atoms with Crippen molar-refractivity contribution in [2.24, 2.45) is 0 Å². The lowest BCUT2D eigenvalue weighted by Crippen LogP contribution is -2.36. The van der Waals surface area contributed by atoms with Crippen LogP contribution in [0.1, 0.15) is 31.1 Å². The van der Waals surface area contributed by atoms with Crippen LogP contribution in [0.5, 0.6) is 0 Å². The first kappa shape index (κ1) is 19.5. The van der Waals surface area contributed by atoms with Crippen LogP contribution >= 0.6 is 0 Å². The Bertz CT molecular complexity index is 1010. The monoisotopic (exact) mass is 411 g/mol. The smallest absolute Gasteiger partial charge is 0.340 e. The van der Waals surface area contributed by atoms with Crippen LogP contribution in [-0.4, -0.2) is 60.6 Å². The predicted octanol–water partition coefficient (Wildman–Crippen LogP) is 1.84. The molecule has 1 saturated heterocycles. The minimum absolute atomic E-state index is 0.0460. The predicted molar refractivity (Wildman–Crippen MR) is 103 cm³/mol. The van der Waals surface area contributed by atoms with Crippen molar-refractivity contribution < 1.29 is 28.8 Å². The van der Waals surface area contributed by atoms with E-state index < -0.39 is 29.4 Å². The Morgan fingerprint density at radius 1 is 1.07 bits per heavy atom. The van der Waals surface area contributed by atoms with E-state index in [0.717, 1.165) is 11.0 Å². The largest absolute Gasteiger partial charge is 0.440 e. The van der Waals surface area contributed by atoms with Gasteiger partial charge in [0.25, 0.3) is 17.5 Å². The van der Waals surface area contributed by atoms with E-state index in [4.69, 9.17) is 9.47 Å². The third kappa shape index (κ3) is 3.48. The van der Waals surface area contributed by atoms with Crippen molar-refractivity contribution in [3.8, 4) is 0 Å². The van der Waals surface area contributed by atoms with Gasteiger partial charge in [-0.1, -0.05) is 12.1 Å². The van der Waals surface area contributed by atoms with Gasteiger partial charge < -0.3 is 14.4 Å². The number of esters is 1. The number of imide groups is 1. The van der Waals surface area contributed by atoms with Crippen molar-refractivity contribution in [1.29, 1.82) is 0 Å². The number of benzene rings is 2. The number of ether oxygens (including phenoxy) is 2. The van der Waals surface area contributed by atoms with Gasteiger partial charge in [0, 0.05) is 19.2 Å². The Morgan fingerprint density at radius 3 is 2.30 bits per heavy atom. The Hall–Kier alpha value is -3.79. The number of carbonyl (C=O) groups is 3. The molecule has 2 aliphatic heterocycles. The molecular formula is C20H17N3O7. The van der Waals surface area contributed by atoms with E-state index in [1.165, 1.54) is 24.3 Å². The van der Waals surface area contributed by atoms with E-state index in [-0.39, 0.29) is 22.4 Å². The quantitative estimate of drug-likeness (QED) is 0.316. The van der Waals surface area contributed by atoms with E-state index in [0.29, 0.717) is 32.0 Å². The maximum atomic E-state index is 12.4. The van der Waals surface area contributed by atoms with Crippen molar-refractivity contribution in [1.82, 2.24) is 4.90 Å². The molecule has 0 atom stereocenters. The molecule has 1 fully saturated rings. The van der Waals surface area contributed by atoms with Gasteiger partial charge in [0.15, 0.2) is 6.73 Å². The fourth-order valence-corrected chi connectivity index (χ4v) is 3.43. The van der Waals surface area contributed by atoms with E-state index in [9.17, 15) is 24.5 Å². The summed E-state index contributed by atoms with van der Waals surface area (Å²) in [5, 5.41) is 11.5. The van der Waals surface area contributed by atoms with Crippen molar-refractivity contribution in [2.45, 2.75) is 0 Å². The highest BCUT2D eigenvalue weighted by Crippen LogP contribution is 2.30. The lowest BCUT2D eigenvalue weighted by molar-refractivity contribution is -0.384. The summed E-state index contributed by atoms with van der Waals surface area (Å²) in [5.41, 5.74) is 0.593. The molecule has 4 rings (SSSR count). The number of nitro benzene ring substituents is 1. The number of anilines is 1. The average molecular weight is 411 g/mol. The van der Waals surface area contributed by atoms with Gasteiger partial charge in [0.05, 0.1) is 34.8 Å². The summed E-state index contributed by atoms with van der Waals surface area (Å²) in [4.78, 5) is 50.7. The highest BCUT2D eigenvalue weighted by molar-refractivity contribution is 6.21. The van der Waals surface area contributed by atoms with Gasteiger partial charge in [-0.05, 0) is 24.3 Å². The number of hydrogen-bond donors (Lipinski definition) is 0. The summed E-state index contributed by atoms with van der Waals surface area (Å²) in [7, 11) is 0. The lowest BCUT2D eigenvalue weighted by atomic mass is 10.1. The minimum atomic E-state index is -0.872. The number of morpholine rings is 1. The molecule has 0 unspecified atom stereocenters. The van der Waals surface area contributed by atoms with Crippen LogP contribution in [0.25, 0.3) is 0 Å². The average Bonchev–Trinajstić information content (AvgIpc) is 3.02. The normalized spacial score (nSPS) is 15.9. The Balaban J connectivity index is 1.49. The van der Waals surface area contributed by atoms with Crippen LogP contribution in [0.2, 0.25) is 0 Å². The maximum Gasteiger partial charge on any atom is 0.340 e. The zero-order chi connectivity index (χ0) is 21.3. The molecule has 10 heteroatoms. The molecule has 30 heavy (non-hydrogen) atoms. The molecule has 2 heterocycles. The lowest BCUT2D eigenvalue weighted by Gasteiger charge is -2.28. The number of amides is 2. The fraction of sp³-hybridized carbons (Fsp3) is 0.250. The molecule has 0 spiro atoms. The summed E-state index contributed by atoms with van der Waals surface area (Å²) >= 11 is 0. The molecule has 2 aromatic rings. The van der Waals surface area contributed by atoms with Gasteiger partial charge >= 0.3 is 5.97 Å². The molecule has 154 valence electrons. The molecule has 0 aromatic heterocycles. The zero-order valence-corrected chi connectivity index (χ0v) is 15.8. The third-order valence-electron chi connectivity index (χ3n) is 4.96. The van der Waals surface area contributed by atoms with Crippen LogP contribution in [0, 0.1) is 10.1 Å². The van der Waals surface area contributed by atoms with E-state index in [1.807, 2.05) is 4.90 Å². The highest BCUT2D eigenvalue weighted by atomic mass is 16.6. The fourth-order valence-electron chi connectivity index (χ4n) is 3.43. The third-order valence-corrected chi connectivity index (χ3v) is 4.96. The summed E-state index contributed by atoms with van der Waals surface area (Å²) in [6.07, 6.45) is 0. The van der Waals surface area contributed by atoms with Gasteiger partial charge in [0.2, 0.25) is 0 Å². The number of hydrogen-bond acceptors (Lipinski definition) is 8. The van der Waals surface area contributed by atoms with Crippen molar-refractivity contribution in [3.05, 3.63) is 69.3 Å². The molecule has 0 aliphatic carbocycles. The standard InChI is InChI=1S/C20H17N3O7/c24-18-14-3-1-2-4-15(14)19(25)22(18)12-30-20(26)13-5-6-16(17(11-13)23(27)28)21-7-9-29-10-8-21/h1-6,11H,7-10,12H2. The van der Waals surface area contributed by atoms with Crippen LogP contribution in [0.4, 0.5) is 11.4 Å². The van der Waals surface area contributed by atoms with Crippen LogP contribution in [0.3, 0.4) is 0 Å². The van der Waals surface area contributed by atoms with Crippen molar-refractivity contribution in [3.63, 3.8) is 0 Å². The first-order chi connectivity index (χ1) is 14.5. The summed E-state index contributed by atoms with van der Waals surface area (Å²) in [6.45, 7) is 1.35. The van der Waals surface area contributed by atoms with Gasteiger partial charge in [-0.15, -0.1) is 0 Å². The number of rotatable bonds is 5. The molecular weight excluding hydrogens is 394 g/mol. The molecule has 2 amide bonds. The molecule has 2 aromatic carbocycles. The summed E-state index contributed by atoms with van der Waals surface area (Å²) in [6, 6.07) is 10.3.